The number of nitrogens with zero attached hydrogens (tertiary/aromatic N) is 2. The van der Waals surface area contributed by atoms with Crippen molar-refractivity contribution < 1.29 is 13.9 Å². The second-order valence-electron chi connectivity index (χ2n) is 6.08. The van der Waals surface area contributed by atoms with Crippen LogP contribution in [0.1, 0.15) is 31.7 Å². The Morgan fingerprint density at radius 2 is 1.80 bits per heavy atom. The van der Waals surface area contributed by atoms with Crippen LogP contribution in [0.5, 0.6) is 0 Å². The molecule has 2 aromatic rings. The molecule has 2 heterocycles. The van der Waals surface area contributed by atoms with Gasteiger partial charge in [0.05, 0.1) is 18.8 Å². The summed E-state index contributed by atoms with van der Waals surface area (Å²) >= 11 is 0. The van der Waals surface area contributed by atoms with Crippen LogP contribution < -0.4 is 0 Å². The van der Waals surface area contributed by atoms with E-state index in [-0.39, 0.29) is 5.82 Å². The lowest BCUT2D eigenvalue weighted by atomic mass is 10.0. The third-order valence-electron chi connectivity index (χ3n) is 4.02. The van der Waals surface area contributed by atoms with Crippen LogP contribution in [0.15, 0.2) is 36.7 Å². The van der Waals surface area contributed by atoms with Gasteiger partial charge in [-0.25, -0.2) is 14.4 Å². The predicted octanol–water partition coefficient (Wildman–Crippen LogP) is 3.81. The second kappa shape index (κ2) is 8.70. The van der Waals surface area contributed by atoms with E-state index in [9.17, 15) is 4.39 Å². The van der Waals surface area contributed by atoms with E-state index < -0.39 is 6.29 Å². The average Bonchev–Trinajstić information content (AvgIpc) is 2.67. The van der Waals surface area contributed by atoms with E-state index in [1.165, 1.54) is 25.0 Å². The molecule has 0 aliphatic carbocycles. The van der Waals surface area contributed by atoms with Gasteiger partial charge in [0.25, 0.3) is 0 Å². The van der Waals surface area contributed by atoms with Crippen molar-refractivity contribution in [3.05, 3.63) is 48.0 Å². The van der Waals surface area contributed by atoms with Crippen LogP contribution in [0.2, 0.25) is 0 Å². The zero-order chi connectivity index (χ0) is 17.5. The molecule has 0 unspecified atom stereocenters. The lowest BCUT2D eigenvalue weighted by Gasteiger charge is -2.26. The number of ether oxygens (including phenoxy) is 2. The Morgan fingerprint density at radius 3 is 2.44 bits per heavy atom. The monoisotopic (exact) mass is 340 g/mol. The summed E-state index contributed by atoms with van der Waals surface area (Å²) in [6.45, 7) is 3.57. The highest BCUT2D eigenvalue weighted by Crippen LogP contribution is 2.17. The van der Waals surface area contributed by atoms with Gasteiger partial charge in [0.2, 0.25) is 6.29 Å². The molecule has 1 aromatic heterocycles. The molecular weight excluding hydrogens is 319 g/mol. The van der Waals surface area contributed by atoms with Gasteiger partial charge < -0.3 is 9.47 Å². The van der Waals surface area contributed by atoms with Crippen molar-refractivity contribution in [2.45, 2.75) is 32.5 Å². The van der Waals surface area contributed by atoms with Crippen molar-refractivity contribution in [3.63, 3.8) is 0 Å². The van der Waals surface area contributed by atoms with E-state index in [4.69, 9.17) is 9.47 Å². The molecule has 1 aliphatic heterocycles. The molecule has 130 valence electrons. The molecule has 1 fully saturated rings. The molecule has 0 radical (unpaired) electrons. The summed E-state index contributed by atoms with van der Waals surface area (Å²) in [5, 5.41) is 0. The number of halogens is 1. The maximum absolute atomic E-state index is 12.9. The molecule has 1 aliphatic rings. The minimum atomic E-state index is -0.491. The van der Waals surface area contributed by atoms with Gasteiger partial charge in [-0.1, -0.05) is 25.7 Å². The Labute approximate surface area is 147 Å². The molecule has 0 bridgehead atoms. The van der Waals surface area contributed by atoms with Gasteiger partial charge in [-0.2, -0.15) is 0 Å². The maximum Gasteiger partial charge on any atom is 0.222 e. The number of hydrogen-bond donors (Lipinski definition) is 0. The lowest BCUT2D eigenvalue weighted by Crippen LogP contribution is -2.31. The number of benzene rings is 1. The van der Waals surface area contributed by atoms with Crippen molar-refractivity contribution in [1.29, 1.82) is 0 Å². The molecular formula is C20H21FN2O2. The fourth-order valence-corrected chi connectivity index (χ4v) is 2.57. The zero-order valence-electron chi connectivity index (χ0n) is 14.2. The van der Waals surface area contributed by atoms with E-state index in [0.29, 0.717) is 30.5 Å². The maximum atomic E-state index is 12.9. The van der Waals surface area contributed by atoms with Crippen molar-refractivity contribution in [1.82, 2.24) is 9.97 Å². The van der Waals surface area contributed by atoms with Gasteiger partial charge in [0, 0.05) is 23.9 Å². The third kappa shape index (κ3) is 5.09. The Morgan fingerprint density at radius 1 is 1.12 bits per heavy atom. The fourth-order valence-electron chi connectivity index (χ4n) is 2.57. The standard InChI is InChI=1S/C20H21FN2O2/c1-2-3-4-16-13-24-19(25-14-16)10-5-15-11-22-20(23-12-15)17-6-8-18(21)9-7-17/h6-9,11-12,16,19H,2-4,13-14H2,1H3/t16-,19-. The van der Waals surface area contributed by atoms with Gasteiger partial charge >= 0.3 is 0 Å². The van der Waals surface area contributed by atoms with Gasteiger partial charge in [-0.05, 0) is 36.6 Å². The summed E-state index contributed by atoms with van der Waals surface area (Å²) in [5.74, 6) is 6.66. The first-order valence-electron chi connectivity index (χ1n) is 8.57. The summed E-state index contributed by atoms with van der Waals surface area (Å²) in [6.07, 6.45) is 6.32. The molecule has 25 heavy (non-hydrogen) atoms. The topological polar surface area (TPSA) is 44.2 Å². The van der Waals surface area contributed by atoms with Crippen LogP contribution in [0.25, 0.3) is 11.4 Å². The first-order valence-corrected chi connectivity index (χ1v) is 8.57. The predicted molar refractivity (Wildman–Crippen MR) is 93.0 cm³/mol. The third-order valence-corrected chi connectivity index (χ3v) is 4.02. The van der Waals surface area contributed by atoms with Crippen LogP contribution in [-0.4, -0.2) is 29.5 Å². The Balaban J connectivity index is 1.56. The minimum Gasteiger partial charge on any atom is -0.342 e. The average molecular weight is 340 g/mol. The van der Waals surface area contributed by atoms with Gasteiger partial charge in [-0.15, -0.1) is 0 Å². The number of aromatic nitrogens is 2. The zero-order valence-corrected chi connectivity index (χ0v) is 14.2. The highest BCUT2D eigenvalue weighted by Gasteiger charge is 2.20. The first-order chi connectivity index (χ1) is 12.2. The molecule has 5 heteroatoms. The smallest absolute Gasteiger partial charge is 0.222 e. The minimum absolute atomic E-state index is 0.282. The van der Waals surface area contributed by atoms with Crippen LogP contribution in [0.3, 0.4) is 0 Å². The quantitative estimate of drug-likeness (QED) is 0.794. The number of unbranched alkanes of at least 4 members (excludes halogenated alkanes) is 1. The molecule has 0 saturated carbocycles. The SMILES string of the molecule is CCCC[C@H]1CO[C@H](C#Cc2cnc(-c3ccc(F)cc3)nc2)OC1. The molecule has 0 spiro atoms. The molecule has 3 rings (SSSR count). The Bertz CT molecular complexity index is 727. The Kier molecular flexibility index (Phi) is 6.10. The molecule has 0 atom stereocenters. The fraction of sp³-hybridized carbons (Fsp3) is 0.400. The molecule has 1 aromatic carbocycles. The highest BCUT2D eigenvalue weighted by atomic mass is 19.1. The Hall–Kier alpha value is -2.29. The van der Waals surface area contributed by atoms with Crippen LogP contribution in [-0.2, 0) is 9.47 Å². The van der Waals surface area contributed by atoms with Crippen molar-refractivity contribution in [2.75, 3.05) is 13.2 Å². The van der Waals surface area contributed by atoms with Gasteiger partial charge in [-0.3, -0.25) is 0 Å². The van der Waals surface area contributed by atoms with Crippen LogP contribution in [0, 0.1) is 23.6 Å². The number of rotatable bonds is 4. The summed E-state index contributed by atoms with van der Waals surface area (Å²) in [6, 6.07) is 6.07. The van der Waals surface area contributed by atoms with E-state index in [2.05, 4.69) is 28.7 Å². The summed E-state index contributed by atoms with van der Waals surface area (Å²) in [4.78, 5) is 8.54. The molecule has 0 N–H and O–H groups in total. The highest BCUT2D eigenvalue weighted by molar-refractivity contribution is 5.54. The van der Waals surface area contributed by atoms with E-state index in [1.807, 2.05) is 0 Å². The summed E-state index contributed by atoms with van der Waals surface area (Å²) in [5.41, 5.74) is 1.45. The summed E-state index contributed by atoms with van der Waals surface area (Å²) < 4.78 is 24.2. The second-order valence-corrected chi connectivity index (χ2v) is 6.08. The largest absolute Gasteiger partial charge is 0.342 e. The van der Waals surface area contributed by atoms with Gasteiger partial charge in [0.15, 0.2) is 5.82 Å². The molecule has 0 amide bonds. The van der Waals surface area contributed by atoms with Crippen LogP contribution in [0.4, 0.5) is 4.39 Å². The number of hydrogen-bond acceptors (Lipinski definition) is 4. The summed E-state index contributed by atoms with van der Waals surface area (Å²) in [7, 11) is 0. The lowest BCUT2D eigenvalue weighted by molar-refractivity contribution is -0.170. The van der Waals surface area contributed by atoms with Crippen molar-refractivity contribution in [3.8, 4) is 23.2 Å². The molecule has 1 saturated heterocycles. The van der Waals surface area contributed by atoms with Crippen LogP contribution >= 0.6 is 0 Å². The van der Waals surface area contributed by atoms with Crippen molar-refractivity contribution >= 4 is 0 Å². The first kappa shape index (κ1) is 17.5. The molecule has 4 nitrogen and oxygen atoms in total. The van der Waals surface area contributed by atoms with E-state index >= 15 is 0 Å². The van der Waals surface area contributed by atoms with Crippen molar-refractivity contribution in [2.24, 2.45) is 5.92 Å². The normalized spacial score (nSPS) is 19.9. The van der Waals surface area contributed by atoms with Gasteiger partial charge in [0.1, 0.15) is 5.82 Å². The van der Waals surface area contributed by atoms with E-state index in [0.717, 1.165) is 12.0 Å². The van der Waals surface area contributed by atoms with E-state index in [1.54, 1.807) is 24.5 Å².